The molecule has 0 bridgehead atoms. The van der Waals surface area contributed by atoms with Crippen molar-refractivity contribution >= 4 is 28.6 Å². The van der Waals surface area contributed by atoms with E-state index in [1.165, 1.54) is 0 Å². The molecule has 1 heterocycles. The van der Waals surface area contributed by atoms with Crippen molar-refractivity contribution in [2.24, 2.45) is 10.1 Å². The predicted octanol–water partition coefficient (Wildman–Crippen LogP) is 1.41. The minimum atomic E-state index is -0.0303. The Morgan fingerprint density at radius 3 is 2.68 bits per heavy atom. The molecule has 8 nitrogen and oxygen atoms in total. The fourth-order valence-electron chi connectivity index (χ4n) is 2.48. The highest BCUT2D eigenvalue weighted by Gasteiger charge is 2.28. The Bertz CT molecular complexity index is 711. The van der Waals surface area contributed by atoms with E-state index in [-0.39, 0.29) is 18.2 Å². The lowest BCUT2D eigenvalue weighted by Gasteiger charge is -2.13. The number of aliphatic hydroxyl groups excluding tert-OH is 1. The zero-order chi connectivity index (χ0) is 18.6. The maximum absolute atomic E-state index is 9.96. The third-order valence-corrected chi connectivity index (χ3v) is 3.74. The van der Waals surface area contributed by atoms with Gasteiger partial charge in [0.1, 0.15) is 17.2 Å². The van der Waals surface area contributed by atoms with Gasteiger partial charge in [0.2, 0.25) is 0 Å². The van der Waals surface area contributed by atoms with Gasteiger partial charge in [-0.05, 0) is 39.6 Å². The van der Waals surface area contributed by atoms with Crippen LogP contribution < -0.4 is 5.32 Å². The molecule has 25 heavy (non-hydrogen) atoms. The molecule has 0 aliphatic carbocycles. The number of aliphatic hydroxyl groups is 1. The maximum Gasteiger partial charge on any atom is 0.169 e. The zero-order valence-electron chi connectivity index (χ0n) is 15.2. The van der Waals surface area contributed by atoms with E-state index in [1.807, 2.05) is 25.9 Å². The molecule has 8 heteroatoms. The Hall–Kier alpha value is -2.45. The van der Waals surface area contributed by atoms with E-state index in [2.05, 4.69) is 15.4 Å². The fraction of sp³-hybridized carbons (Fsp3) is 0.471. The van der Waals surface area contributed by atoms with Crippen LogP contribution in [0.5, 0.6) is 5.75 Å². The number of hydrazone groups is 1. The number of aliphatic imine (C=N–C) groups is 1. The van der Waals surface area contributed by atoms with E-state index in [9.17, 15) is 5.11 Å². The Kier molecular flexibility index (Phi) is 6.11. The summed E-state index contributed by atoms with van der Waals surface area (Å²) in [6, 6.07) is 3.35. The Morgan fingerprint density at radius 2 is 2.08 bits per heavy atom. The van der Waals surface area contributed by atoms with Crippen molar-refractivity contribution in [3.8, 4) is 5.75 Å². The monoisotopic (exact) mass is 346 g/mol. The summed E-state index contributed by atoms with van der Waals surface area (Å²) in [6.07, 6.45) is 0. The first-order chi connectivity index (χ1) is 11.9. The van der Waals surface area contributed by atoms with Crippen LogP contribution in [0.25, 0.3) is 0 Å². The van der Waals surface area contributed by atoms with Gasteiger partial charge in [-0.2, -0.15) is 5.10 Å². The molecular formula is C17H26N6O2. The number of hydrogen-bond donors (Lipinski definition) is 4. The van der Waals surface area contributed by atoms with E-state index in [1.54, 1.807) is 24.1 Å². The lowest BCUT2D eigenvalue weighted by Crippen LogP contribution is -2.31. The van der Waals surface area contributed by atoms with Gasteiger partial charge in [0.15, 0.2) is 5.84 Å². The Morgan fingerprint density at radius 1 is 1.36 bits per heavy atom. The van der Waals surface area contributed by atoms with Crippen molar-refractivity contribution < 1.29 is 10.2 Å². The average molecular weight is 346 g/mol. The summed E-state index contributed by atoms with van der Waals surface area (Å²) >= 11 is 0. The minimum Gasteiger partial charge on any atom is -0.508 e. The number of nitrogens with zero attached hydrogens (tertiary/aromatic N) is 4. The Labute approximate surface area is 148 Å². The van der Waals surface area contributed by atoms with E-state index in [4.69, 9.17) is 10.5 Å². The molecule has 2 rings (SSSR count). The number of benzene rings is 1. The van der Waals surface area contributed by atoms with Gasteiger partial charge in [-0.25, -0.2) is 10.0 Å². The summed E-state index contributed by atoms with van der Waals surface area (Å²) in [7, 11) is 3.88. The second kappa shape index (κ2) is 8.09. The predicted molar refractivity (Wildman–Crippen MR) is 102 cm³/mol. The summed E-state index contributed by atoms with van der Waals surface area (Å²) in [5.74, 6) is 0.418. The second-order valence-corrected chi connectivity index (χ2v) is 6.12. The van der Waals surface area contributed by atoms with Crippen molar-refractivity contribution in [3.05, 3.63) is 17.7 Å². The van der Waals surface area contributed by atoms with Gasteiger partial charge in [-0.15, -0.1) is 0 Å². The lowest BCUT2D eigenvalue weighted by atomic mass is 10.1. The first-order valence-electron chi connectivity index (χ1n) is 8.23. The number of anilines is 1. The standard InChI is InChI=1S/C17H26N6O2/c1-5-23-17(18)16(14(21-23)10-22(3)4)20-13-8-11(2)15(25)9-12(13)19-6-7-24/h8-9,18-19,24-25H,5-7,10H2,1-4H3. The molecule has 0 unspecified atom stereocenters. The van der Waals surface area contributed by atoms with Crippen molar-refractivity contribution in [1.29, 1.82) is 5.41 Å². The van der Waals surface area contributed by atoms with E-state index < -0.39 is 0 Å². The van der Waals surface area contributed by atoms with Crippen LogP contribution in [0, 0.1) is 12.3 Å². The molecule has 1 aromatic carbocycles. The van der Waals surface area contributed by atoms with E-state index in [0.29, 0.717) is 42.3 Å². The number of aryl methyl sites for hydroxylation is 1. The molecule has 0 saturated carbocycles. The van der Waals surface area contributed by atoms with Crippen molar-refractivity contribution in [2.75, 3.05) is 45.7 Å². The van der Waals surface area contributed by atoms with Crippen LogP contribution in [0.3, 0.4) is 0 Å². The van der Waals surface area contributed by atoms with Crippen LogP contribution in [0.15, 0.2) is 22.2 Å². The fourth-order valence-corrected chi connectivity index (χ4v) is 2.48. The highest BCUT2D eigenvalue weighted by molar-refractivity contribution is 6.70. The van der Waals surface area contributed by atoms with Crippen molar-refractivity contribution in [1.82, 2.24) is 9.91 Å². The van der Waals surface area contributed by atoms with Crippen LogP contribution in [0.4, 0.5) is 11.4 Å². The van der Waals surface area contributed by atoms with Crippen molar-refractivity contribution in [3.63, 3.8) is 0 Å². The molecule has 0 amide bonds. The second-order valence-electron chi connectivity index (χ2n) is 6.12. The lowest BCUT2D eigenvalue weighted by molar-refractivity contribution is 0.311. The number of hydrogen-bond acceptors (Lipinski definition) is 7. The smallest absolute Gasteiger partial charge is 0.169 e. The van der Waals surface area contributed by atoms with Gasteiger partial charge in [0.05, 0.1) is 18.0 Å². The molecule has 136 valence electrons. The first kappa shape index (κ1) is 18.9. The van der Waals surface area contributed by atoms with Gasteiger partial charge >= 0.3 is 0 Å². The highest BCUT2D eigenvalue weighted by atomic mass is 16.3. The van der Waals surface area contributed by atoms with Gasteiger partial charge in [-0.3, -0.25) is 5.41 Å². The molecule has 0 saturated heterocycles. The molecule has 0 aromatic heterocycles. The van der Waals surface area contributed by atoms with Gasteiger partial charge in [-0.1, -0.05) is 0 Å². The Balaban J connectivity index is 2.47. The van der Waals surface area contributed by atoms with Gasteiger partial charge < -0.3 is 20.4 Å². The summed E-state index contributed by atoms with van der Waals surface area (Å²) in [4.78, 5) is 6.64. The van der Waals surface area contributed by atoms with Crippen LogP contribution >= 0.6 is 0 Å². The summed E-state index contributed by atoms with van der Waals surface area (Å²) < 4.78 is 0. The molecule has 1 aliphatic rings. The molecule has 0 radical (unpaired) electrons. The number of phenolic OH excluding ortho intramolecular Hbond substituents is 1. The number of phenols is 1. The summed E-state index contributed by atoms with van der Waals surface area (Å²) in [5.41, 5.74) is 3.16. The third-order valence-electron chi connectivity index (χ3n) is 3.74. The molecule has 1 aromatic rings. The SMILES string of the molecule is CCN1N=C(CN(C)C)C(=Nc2cc(C)c(O)cc2NCCO)C1=N. The largest absolute Gasteiger partial charge is 0.508 e. The molecule has 0 atom stereocenters. The molecule has 0 fully saturated rings. The minimum absolute atomic E-state index is 0.0303. The van der Waals surface area contributed by atoms with Crippen LogP contribution in [-0.2, 0) is 0 Å². The normalized spacial score (nSPS) is 16.1. The van der Waals surface area contributed by atoms with Gasteiger partial charge in [0.25, 0.3) is 0 Å². The molecule has 1 aliphatic heterocycles. The van der Waals surface area contributed by atoms with Crippen LogP contribution in [-0.4, -0.2) is 77.7 Å². The van der Waals surface area contributed by atoms with E-state index >= 15 is 0 Å². The first-order valence-corrected chi connectivity index (χ1v) is 8.23. The van der Waals surface area contributed by atoms with Gasteiger partial charge in [0, 0.05) is 25.7 Å². The van der Waals surface area contributed by atoms with Crippen LogP contribution in [0.2, 0.25) is 0 Å². The number of aromatic hydroxyl groups is 1. The van der Waals surface area contributed by atoms with Crippen LogP contribution in [0.1, 0.15) is 12.5 Å². The third kappa shape index (κ3) is 4.34. The molecule has 4 N–H and O–H groups in total. The van der Waals surface area contributed by atoms with E-state index in [0.717, 1.165) is 5.71 Å². The maximum atomic E-state index is 9.96. The molecular weight excluding hydrogens is 320 g/mol. The summed E-state index contributed by atoms with van der Waals surface area (Å²) in [6.45, 7) is 5.22. The molecule has 0 spiro atoms. The average Bonchev–Trinajstić information content (AvgIpc) is 2.84. The number of rotatable bonds is 7. The summed E-state index contributed by atoms with van der Waals surface area (Å²) in [5, 5.41) is 36.5. The number of nitrogens with one attached hydrogen (secondary N) is 2. The zero-order valence-corrected chi connectivity index (χ0v) is 15.2. The number of amidine groups is 1. The quantitative estimate of drug-likeness (QED) is 0.597. The topological polar surface area (TPSA) is 108 Å². The van der Waals surface area contributed by atoms with Crippen molar-refractivity contribution in [2.45, 2.75) is 13.8 Å². The highest BCUT2D eigenvalue weighted by Crippen LogP contribution is 2.33.